The highest BCUT2D eigenvalue weighted by Gasteiger charge is 2.48. The summed E-state index contributed by atoms with van der Waals surface area (Å²) in [6.07, 6.45) is 3.16. The SMILES string of the molecule is CNC(C)CC(=O)N1CCC2CC21. The van der Waals surface area contributed by atoms with Gasteiger partial charge in [-0.1, -0.05) is 0 Å². The molecule has 74 valence electrons. The third kappa shape index (κ3) is 1.70. The van der Waals surface area contributed by atoms with E-state index < -0.39 is 0 Å². The minimum atomic E-state index is 0.310. The number of piperidine rings is 1. The van der Waals surface area contributed by atoms with Crippen LogP contribution in [-0.4, -0.2) is 36.5 Å². The summed E-state index contributed by atoms with van der Waals surface area (Å²) in [5.74, 6) is 1.20. The monoisotopic (exact) mass is 182 g/mol. The third-order valence-electron chi connectivity index (χ3n) is 3.32. The maximum Gasteiger partial charge on any atom is 0.224 e. The molecule has 1 saturated carbocycles. The molecular weight excluding hydrogens is 164 g/mol. The van der Waals surface area contributed by atoms with Crippen molar-refractivity contribution in [3.8, 4) is 0 Å². The highest BCUT2D eigenvalue weighted by atomic mass is 16.2. The van der Waals surface area contributed by atoms with Crippen molar-refractivity contribution in [2.24, 2.45) is 5.92 Å². The molecule has 1 N–H and O–H groups in total. The first-order valence-corrected chi connectivity index (χ1v) is 5.19. The molecule has 1 aliphatic carbocycles. The van der Waals surface area contributed by atoms with Gasteiger partial charge in [-0.25, -0.2) is 0 Å². The Morgan fingerprint density at radius 3 is 2.92 bits per heavy atom. The van der Waals surface area contributed by atoms with E-state index in [1.165, 1.54) is 12.8 Å². The summed E-state index contributed by atoms with van der Waals surface area (Å²) in [5.41, 5.74) is 0. The van der Waals surface area contributed by atoms with E-state index in [9.17, 15) is 4.79 Å². The van der Waals surface area contributed by atoms with Gasteiger partial charge in [-0.3, -0.25) is 4.79 Å². The number of rotatable bonds is 3. The van der Waals surface area contributed by atoms with Gasteiger partial charge >= 0.3 is 0 Å². The lowest BCUT2D eigenvalue weighted by Gasteiger charge is -2.20. The molecule has 2 fully saturated rings. The van der Waals surface area contributed by atoms with E-state index in [0.717, 1.165) is 12.5 Å². The number of hydrogen-bond donors (Lipinski definition) is 1. The van der Waals surface area contributed by atoms with E-state index in [-0.39, 0.29) is 0 Å². The Morgan fingerprint density at radius 1 is 1.69 bits per heavy atom. The number of amides is 1. The minimum absolute atomic E-state index is 0.310. The first-order valence-electron chi connectivity index (χ1n) is 5.19. The number of hydrogen-bond acceptors (Lipinski definition) is 2. The maximum absolute atomic E-state index is 11.7. The molecule has 2 aliphatic rings. The van der Waals surface area contributed by atoms with Crippen LogP contribution in [0, 0.1) is 5.92 Å². The number of carbonyl (C=O) groups is 1. The fraction of sp³-hybridized carbons (Fsp3) is 0.900. The van der Waals surface area contributed by atoms with Gasteiger partial charge in [0.25, 0.3) is 0 Å². The summed E-state index contributed by atoms with van der Waals surface area (Å²) in [6.45, 7) is 3.06. The summed E-state index contributed by atoms with van der Waals surface area (Å²) < 4.78 is 0. The van der Waals surface area contributed by atoms with Gasteiger partial charge in [0.15, 0.2) is 0 Å². The zero-order valence-electron chi connectivity index (χ0n) is 8.42. The molecule has 1 saturated heterocycles. The average molecular weight is 182 g/mol. The quantitative estimate of drug-likeness (QED) is 0.693. The average Bonchev–Trinajstić information content (AvgIpc) is 2.77. The standard InChI is InChI=1S/C10H18N2O/c1-7(11-2)5-10(13)12-4-3-8-6-9(8)12/h7-9,11H,3-6H2,1-2H3. The highest BCUT2D eigenvalue weighted by molar-refractivity contribution is 5.78. The largest absolute Gasteiger partial charge is 0.339 e. The Bertz CT molecular complexity index is 217. The molecule has 3 nitrogen and oxygen atoms in total. The van der Waals surface area contributed by atoms with E-state index >= 15 is 0 Å². The Kier molecular flexibility index (Phi) is 2.28. The molecule has 0 bridgehead atoms. The minimum Gasteiger partial charge on any atom is -0.339 e. The molecule has 3 heteroatoms. The van der Waals surface area contributed by atoms with Crippen LogP contribution in [0.5, 0.6) is 0 Å². The van der Waals surface area contributed by atoms with E-state index in [4.69, 9.17) is 0 Å². The van der Waals surface area contributed by atoms with Crippen molar-refractivity contribution in [1.29, 1.82) is 0 Å². The lowest BCUT2D eigenvalue weighted by atomic mass is 10.2. The van der Waals surface area contributed by atoms with Crippen molar-refractivity contribution in [3.63, 3.8) is 0 Å². The van der Waals surface area contributed by atoms with Crippen molar-refractivity contribution in [2.75, 3.05) is 13.6 Å². The molecule has 1 aliphatic heterocycles. The van der Waals surface area contributed by atoms with Crippen molar-refractivity contribution in [3.05, 3.63) is 0 Å². The van der Waals surface area contributed by atoms with Crippen molar-refractivity contribution in [1.82, 2.24) is 10.2 Å². The van der Waals surface area contributed by atoms with Crippen molar-refractivity contribution >= 4 is 5.91 Å². The van der Waals surface area contributed by atoms with Crippen LogP contribution >= 0.6 is 0 Å². The molecule has 0 aromatic rings. The summed E-state index contributed by atoms with van der Waals surface area (Å²) in [5, 5.41) is 3.10. The predicted molar refractivity (Wildman–Crippen MR) is 51.4 cm³/mol. The van der Waals surface area contributed by atoms with Gasteiger partial charge in [-0.05, 0) is 32.7 Å². The Morgan fingerprint density at radius 2 is 2.46 bits per heavy atom. The predicted octanol–water partition coefficient (Wildman–Crippen LogP) is 0.605. The lowest BCUT2D eigenvalue weighted by Crippen LogP contribution is -2.35. The van der Waals surface area contributed by atoms with Crippen LogP contribution in [0.4, 0.5) is 0 Å². The zero-order chi connectivity index (χ0) is 9.42. The Labute approximate surface area is 79.5 Å². The number of nitrogens with zero attached hydrogens (tertiary/aromatic N) is 1. The van der Waals surface area contributed by atoms with Crippen LogP contribution in [0.25, 0.3) is 0 Å². The van der Waals surface area contributed by atoms with Gasteiger partial charge in [0.05, 0.1) is 0 Å². The van der Waals surface area contributed by atoms with Gasteiger partial charge in [0.2, 0.25) is 5.91 Å². The van der Waals surface area contributed by atoms with Gasteiger partial charge in [0.1, 0.15) is 0 Å². The molecule has 1 heterocycles. The summed E-state index contributed by atoms with van der Waals surface area (Å²) in [7, 11) is 1.90. The molecule has 3 unspecified atom stereocenters. The van der Waals surface area contributed by atoms with Crippen molar-refractivity contribution < 1.29 is 4.79 Å². The summed E-state index contributed by atoms with van der Waals surface area (Å²) >= 11 is 0. The second-order valence-electron chi connectivity index (χ2n) is 4.33. The van der Waals surface area contributed by atoms with Gasteiger partial charge in [0, 0.05) is 25.0 Å². The van der Waals surface area contributed by atoms with Crippen LogP contribution in [0.3, 0.4) is 0 Å². The summed E-state index contributed by atoms with van der Waals surface area (Å²) in [4.78, 5) is 13.8. The van der Waals surface area contributed by atoms with Crippen LogP contribution in [0.2, 0.25) is 0 Å². The molecule has 1 amide bonds. The van der Waals surface area contributed by atoms with E-state index in [1.54, 1.807) is 0 Å². The molecule has 0 aromatic carbocycles. The van der Waals surface area contributed by atoms with Crippen LogP contribution < -0.4 is 5.32 Å². The molecule has 13 heavy (non-hydrogen) atoms. The molecular formula is C10H18N2O. The normalized spacial score (nSPS) is 32.9. The molecule has 0 spiro atoms. The second-order valence-corrected chi connectivity index (χ2v) is 4.33. The van der Waals surface area contributed by atoms with E-state index in [0.29, 0.717) is 24.4 Å². The zero-order valence-corrected chi connectivity index (χ0v) is 8.42. The number of carbonyl (C=O) groups excluding carboxylic acids is 1. The first-order chi connectivity index (χ1) is 6.22. The fourth-order valence-corrected chi connectivity index (χ4v) is 2.19. The molecule has 0 aromatic heterocycles. The Balaban J connectivity index is 1.83. The van der Waals surface area contributed by atoms with Gasteiger partial charge in [-0.2, -0.15) is 0 Å². The number of fused-ring (bicyclic) bond motifs is 1. The topological polar surface area (TPSA) is 32.3 Å². The summed E-state index contributed by atoms with van der Waals surface area (Å²) in [6, 6.07) is 0.932. The number of nitrogens with one attached hydrogen (secondary N) is 1. The van der Waals surface area contributed by atoms with Gasteiger partial charge < -0.3 is 10.2 Å². The third-order valence-corrected chi connectivity index (χ3v) is 3.32. The van der Waals surface area contributed by atoms with Crippen LogP contribution in [0.1, 0.15) is 26.2 Å². The maximum atomic E-state index is 11.7. The smallest absolute Gasteiger partial charge is 0.224 e. The van der Waals surface area contributed by atoms with Crippen molar-refractivity contribution in [2.45, 2.75) is 38.3 Å². The van der Waals surface area contributed by atoms with Crippen LogP contribution in [-0.2, 0) is 4.79 Å². The van der Waals surface area contributed by atoms with E-state index in [1.807, 2.05) is 7.05 Å². The Hall–Kier alpha value is -0.570. The lowest BCUT2D eigenvalue weighted by molar-refractivity contribution is -0.131. The number of likely N-dealkylation sites (tertiary alicyclic amines) is 1. The van der Waals surface area contributed by atoms with E-state index in [2.05, 4.69) is 17.1 Å². The molecule has 0 radical (unpaired) electrons. The fourth-order valence-electron chi connectivity index (χ4n) is 2.19. The molecule has 3 atom stereocenters. The van der Waals surface area contributed by atoms with Crippen LogP contribution in [0.15, 0.2) is 0 Å². The molecule has 2 rings (SSSR count). The van der Waals surface area contributed by atoms with Gasteiger partial charge in [-0.15, -0.1) is 0 Å². The first kappa shape index (κ1) is 9.00. The second kappa shape index (κ2) is 3.29. The highest BCUT2D eigenvalue weighted by Crippen LogP contribution is 2.44.